The summed E-state index contributed by atoms with van der Waals surface area (Å²) in [5.41, 5.74) is 2.52. The molecule has 1 saturated carbocycles. The lowest BCUT2D eigenvalue weighted by atomic mass is 9.82. The first-order chi connectivity index (χ1) is 12.7. The minimum Gasteiger partial charge on any atom is -0.312 e. The number of nitrogens with one attached hydrogen (secondary N) is 2. The van der Waals surface area contributed by atoms with Crippen LogP contribution in [0.25, 0.3) is 0 Å². The molecular weight excluding hydrogens is 434 g/mol. The Morgan fingerprint density at radius 1 is 0.679 bits per heavy atom. The van der Waals surface area contributed by atoms with E-state index in [9.17, 15) is 0 Å². The Balaban J connectivity index is 0.00000196. The van der Waals surface area contributed by atoms with E-state index < -0.39 is 0 Å². The number of halogens is 4. The van der Waals surface area contributed by atoms with Gasteiger partial charge >= 0.3 is 0 Å². The highest BCUT2D eigenvalue weighted by Crippen LogP contribution is 2.28. The molecule has 3 rings (SSSR count). The van der Waals surface area contributed by atoms with Crippen LogP contribution in [0, 0.1) is 11.8 Å². The number of hydrogen-bond donors (Lipinski definition) is 2. The fourth-order valence-electron chi connectivity index (χ4n) is 3.77. The molecule has 1 fully saturated rings. The van der Waals surface area contributed by atoms with Crippen LogP contribution in [0.2, 0.25) is 10.0 Å². The van der Waals surface area contributed by atoms with Gasteiger partial charge in [-0.25, -0.2) is 0 Å². The highest BCUT2D eigenvalue weighted by atomic mass is 35.5. The van der Waals surface area contributed by atoms with E-state index in [-0.39, 0.29) is 24.8 Å². The van der Waals surface area contributed by atoms with Gasteiger partial charge < -0.3 is 10.6 Å². The van der Waals surface area contributed by atoms with Crippen molar-refractivity contribution in [1.29, 1.82) is 0 Å². The zero-order valence-corrected chi connectivity index (χ0v) is 19.1. The average molecular weight is 464 g/mol. The van der Waals surface area contributed by atoms with Gasteiger partial charge in [0.15, 0.2) is 0 Å². The molecule has 0 aliphatic heterocycles. The van der Waals surface area contributed by atoms with Gasteiger partial charge in [-0.2, -0.15) is 0 Å². The van der Waals surface area contributed by atoms with Crippen LogP contribution in [-0.4, -0.2) is 13.1 Å². The van der Waals surface area contributed by atoms with E-state index in [1.165, 1.54) is 36.8 Å². The second-order valence-corrected chi connectivity index (χ2v) is 8.28. The second kappa shape index (κ2) is 13.7. The summed E-state index contributed by atoms with van der Waals surface area (Å²) in [4.78, 5) is 0. The van der Waals surface area contributed by atoms with Gasteiger partial charge in [-0.15, -0.1) is 24.8 Å². The molecule has 6 heteroatoms. The molecule has 1 aliphatic carbocycles. The second-order valence-electron chi connectivity index (χ2n) is 7.41. The Kier molecular flexibility index (Phi) is 12.5. The first-order valence-electron chi connectivity index (χ1n) is 9.59. The predicted octanol–water partition coefficient (Wildman–Crippen LogP) is 6.52. The van der Waals surface area contributed by atoms with Gasteiger partial charge in [-0.3, -0.25) is 0 Å². The molecule has 156 valence electrons. The highest BCUT2D eigenvalue weighted by molar-refractivity contribution is 6.30. The average Bonchev–Trinajstić information content (AvgIpc) is 2.63. The summed E-state index contributed by atoms with van der Waals surface area (Å²) >= 11 is 12.1. The Morgan fingerprint density at radius 3 is 1.43 bits per heavy atom. The Hall–Kier alpha value is -0.480. The predicted molar refractivity (Wildman–Crippen MR) is 126 cm³/mol. The maximum atomic E-state index is 6.04. The van der Waals surface area contributed by atoms with E-state index in [4.69, 9.17) is 23.2 Å². The summed E-state index contributed by atoms with van der Waals surface area (Å²) in [6.45, 7) is 4.02. The van der Waals surface area contributed by atoms with E-state index in [1.807, 2.05) is 36.4 Å². The third kappa shape index (κ3) is 8.90. The molecule has 0 heterocycles. The smallest absolute Gasteiger partial charge is 0.0409 e. The molecule has 0 atom stereocenters. The minimum atomic E-state index is 0. The molecule has 0 unspecified atom stereocenters. The normalized spacial score (nSPS) is 18.8. The molecule has 2 nitrogen and oxygen atoms in total. The summed E-state index contributed by atoms with van der Waals surface area (Å²) in [6, 6.07) is 16.2. The zero-order chi connectivity index (χ0) is 18.2. The lowest BCUT2D eigenvalue weighted by Crippen LogP contribution is -2.30. The molecular formula is C22H30Cl4N2. The van der Waals surface area contributed by atoms with E-state index in [2.05, 4.69) is 22.8 Å². The molecule has 2 aromatic carbocycles. The van der Waals surface area contributed by atoms with Gasteiger partial charge in [0.1, 0.15) is 0 Å². The lowest BCUT2D eigenvalue weighted by Gasteiger charge is -2.29. The minimum absolute atomic E-state index is 0. The monoisotopic (exact) mass is 462 g/mol. The Bertz CT molecular complexity index is 628. The van der Waals surface area contributed by atoms with Crippen LogP contribution in [0.3, 0.4) is 0 Å². The maximum Gasteiger partial charge on any atom is 0.0409 e. The largest absolute Gasteiger partial charge is 0.312 e. The van der Waals surface area contributed by atoms with Crippen LogP contribution < -0.4 is 10.6 Å². The molecule has 28 heavy (non-hydrogen) atoms. The number of rotatable bonds is 8. The van der Waals surface area contributed by atoms with Gasteiger partial charge in [0.2, 0.25) is 0 Å². The molecule has 2 N–H and O–H groups in total. The number of benzene rings is 2. The van der Waals surface area contributed by atoms with Crippen LogP contribution in [0.15, 0.2) is 48.5 Å². The van der Waals surface area contributed by atoms with Crippen molar-refractivity contribution >= 4 is 48.0 Å². The molecule has 0 bridgehead atoms. The van der Waals surface area contributed by atoms with Crippen molar-refractivity contribution in [3.8, 4) is 0 Å². The molecule has 0 spiro atoms. The molecule has 0 aromatic heterocycles. The molecule has 0 saturated heterocycles. The van der Waals surface area contributed by atoms with Crippen molar-refractivity contribution in [2.75, 3.05) is 13.1 Å². The summed E-state index contributed by atoms with van der Waals surface area (Å²) in [7, 11) is 0. The van der Waals surface area contributed by atoms with Gasteiger partial charge in [-0.1, -0.05) is 47.5 Å². The summed E-state index contributed by atoms with van der Waals surface area (Å²) in [5.74, 6) is 1.61. The standard InChI is InChI=1S/C22H28Cl2N2.2ClH/c23-21-5-1-3-19(11-21)15-25-13-17-7-9-18(10-8-17)14-26-16-20-4-2-6-22(24)12-20;;/h1-6,11-12,17-18,25-26H,7-10,13-16H2;2*1H. The number of hydrogen-bond acceptors (Lipinski definition) is 2. The first kappa shape index (κ1) is 25.6. The molecule has 0 amide bonds. The molecule has 2 aromatic rings. The highest BCUT2D eigenvalue weighted by Gasteiger charge is 2.20. The summed E-state index contributed by atoms with van der Waals surface area (Å²) in [6.07, 6.45) is 5.30. The SMILES string of the molecule is Cl.Cl.Clc1cccc(CNCC2CCC(CNCc3cccc(Cl)c3)CC2)c1. The Labute approximate surface area is 191 Å². The maximum absolute atomic E-state index is 6.04. The van der Waals surface area contributed by atoms with Crippen LogP contribution in [0.5, 0.6) is 0 Å². The van der Waals surface area contributed by atoms with Crippen molar-refractivity contribution in [2.24, 2.45) is 11.8 Å². The van der Waals surface area contributed by atoms with E-state index >= 15 is 0 Å². The first-order valence-corrected chi connectivity index (χ1v) is 10.3. The lowest BCUT2D eigenvalue weighted by molar-refractivity contribution is 0.261. The van der Waals surface area contributed by atoms with Crippen molar-refractivity contribution in [1.82, 2.24) is 10.6 Å². The zero-order valence-electron chi connectivity index (χ0n) is 16.0. The van der Waals surface area contributed by atoms with Gasteiger partial charge in [0, 0.05) is 23.1 Å². The van der Waals surface area contributed by atoms with Crippen LogP contribution in [0.4, 0.5) is 0 Å². The topological polar surface area (TPSA) is 24.1 Å². The quantitative estimate of drug-likeness (QED) is 0.465. The fourth-order valence-corrected chi connectivity index (χ4v) is 4.20. The van der Waals surface area contributed by atoms with Crippen LogP contribution in [0.1, 0.15) is 36.8 Å². The van der Waals surface area contributed by atoms with E-state index in [0.717, 1.165) is 48.1 Å². The van der Waals surface area contributed by atoms with Crippen molar-refractivity contribution in [2.45, 2.75) is 38.8 Å². The van der Waals surface area contributed by atoms with Crippen LogP contribution in [-0.2, 0) is 13.1 Å². The Morgan fingerprint density at radius 2 is 1.07 bits per heavy atom. The van der Waals surface area contributed by atoms with Crippen molar-refractivity contribution in [3.63, 3.8) is 0 Å². The van der Waals surface area contributed by atoms with Gasteiger partial charge in [0.05, 0.1) is 0 Å². The fraction of sp³-hybridized carbons (Fsp3) is 0.455. The van der Waals surface area contributed by atoms with Gasteiger partial charge in [0.25, 0.3) is 0 Å². The third-order valence-electron chi connectivity index (χ3n) is 5.27. The molecule has 1 aliphatic rings. The summed E-state index contributed by atoms with van der Waals surface area (Å²) in [5, 5.41) is 8.82. The van der Waals surface area contributed by atoms with Crippen molar-refractivity contribution in [3.05, 3.63) is 69.7 Å². The summed E-state index contributed by atoms with van der Waals surface area (Å²) < 4.78 is 0. The third-order valence-corrected chi connectivity index (χ3v) is 5.74. The van der Waals surface area contributed by atoms with Crippen LogP contribution >= 0.6 is 48.0 Å². The molecule has 0 radical (unpaired) electrons. The van der Waals surface area contributed by atoms with Crippen molar-refractivity contribution < 1.29 is 0 Å². The van der Waals surface area contributed by atoms with E-state index in [1.54, 1.807) is 0 Å². The van der Waals surface area contributed by atoms with Gasteiger partial charge in [-0.05, 0) is 86.0 Å². The van der Waals surface area contributed by atoms with E-state index in [0.29, 0.717) is 0 Å².